The molecule has 1 aromatic rings. The molecule has 1 aromatic carbocycles. The number of fused-ring (bicyclic) bond motifs is 6. The summed E-state index contributed by atoms with van der Waals surface area (Å²) in [6.45, 7) is 13.5. The van der Waals surface area contributed by atoms with Gasteiger partial charge in [0.05, 0.1) is 23.7 Å². The van der Waals surface area contributed by atoms with Crippen molar-refractivity contribution in [2.45, 2.75) is 141 Å². The third-order valence-electron chi connectivity index (χ3n) is 14.2. The predicted molar refractivity (Wildman–Crippen MR) is 181 cm³/mol. The first-order chi connectivity index (χ1) is 22.2. The number of aliphatic hydroxyl groups is 2. The van der Waals surface area contributed by atoms with Gasteiger partial charge in [-0.15, -0.1) is 0 Å². The number of nitrogens with one attached hydrogen (secondary N) is 1. The molecule has 1 amide bonds. The molecular formula is C38H59NO7S. The molecule has 0 bridgehead atoms. The normalized spacial score (nSPS) is 41.8. The Bertz CT molecular complexity index is 1430. The zero-order valence-electron chi connectivity index (χ0n) is 29.5. The lowest BCUT2D eigenvalue weighted by Crippen LogP contribution is -2.62. The SMILES string of the molecule is CCCC1(C)CCc2cc(S(=O)(=O)NC(=O)OC[C@@H](C)[C@H]3CC[C@H]4[C@@H]5[C@H](O)[C@H](CC)[C@@H]6C[C@H](O)CC[C@]6(C)[C@H]5CC[C@]34C)ccc2O1. The summed E-state index contributed by atoms with van der Waals surface area (Å²) in [4.78, 5) is 12.9. The van der Waals surface area contributed by atoms with Crippen molar-refractivity contribution in [2.24, 2.45) is 52.3 Å². The summed E-state index contributed by atoms with van der Waals surface area (Å²) in [6, 6.07) is 4.79. The Morgan fingerprint density at radius 3 is 2.47 bits per heavy atom. The van der Waals surface area contributed by atoms with Gasteiger partial charge in [0.15, 0.2) is 0 Å². The number of aliphatic hydroxyl groups excluding tert-OH is 2. The molecule has 1 heterocycles. The largest absolute Gasteiger partial charge is 0.487 e. The van der Waals surface area contributed by atoms with Crippen LogP contribution in [0.4, 0.5) is 4.79 Å². The summed E-state index contributed by atoms with van der Waals surface area (Å²) in [5.41, 5.74) is 0.775. The number of benzene rings is 1. The van der Waals surface area contributed by atoms with Crippen molar-refractivity contribution >= 4 is 16.1 Å². The van der Waals surface area contributed by atoms with Crippen molar-refractivity contribution in [3.8, 4) is 5.75 Å². The van der Waals surface area contributed by atoms with E-state index in [0.29, 0.717) is 29.4 Å². The second kappa shape index (κ2) is 12.8. The number of aryl methyl sites for hydroxylation is 1. The molecule has 9 heteroatoms. The maximum Gasteiger partial charge on any atom is 0.421 e. The van der Waals surface area contributed by atoms with Gasteiger partial charge in [-0.3, -0.25) is 0 Å². The van der Waals surface area contributed by atoms with Crippen molar-refractivity contribution in [3.63, 3.8) is 0 Å². The summed E-state index contributed by atoms with van der Waals surface area (Å²) < 4.78 is 40.3. The zero-order chi connectivity index (χ0) is 33.9. The Morgan fingerprint density at radius 2 is 1.74 bits per heavy atom. The lowest BCUT2D eigenvalue weighted by atomic mass is 9.41. The summed E-state index contributed by atoms with van der Waals surface area (Å²) >= 11 is 0. The van der Waals surface area contributed by atoms with E-state index in [1.165, 1.54) is 6.07 Å². The highest BCUT2D eigenvalue weighted by Gasteiger charge is 2.65. The highest BCUT2D eigenvalue weighted by molar-refractivity contribution is 7.90. The molecule has 12 atom stereocenters. The minimum atomic E-state index is -4.10. The Labute approximate surface area is 282 Å². The van der Waals surface area contributed by atoms with Crippen molar-refractivity contribution in [3.05, 3.63) is 23.8 Å². The highest BCUT2D eigenvalue weighted by Crippen LogP contribution is 2.69. The quantitative estimate of drug-likeness (QED) is 0.266. The van der Waals surface area contributed by atoms with Gasteiger partial charge in [-0.1, -0.05) is 47.5 Å². The lowest BCUT2D eigenvalue weighted by Gasteiger charge is -2.64. The number of hydrogen-bond donors (Lipinski definition) is 3. The minimum absolute atomic E-state index is 0.0293. The Hall–Kier alpha value is -1.84. The third-order valence-corrected chi connectivity index (χ3v) is 15.6. The topological polar surface area (TPSA) is 122 Å². The summed E-state index contributed by atoms with van der Waals surface area (Å²) in [6.07, 6.45) is 9.83. The van der Waals surface area contributed by atoms with E-state index in [1.807, 2.05) is 0 Å². The molecule has 4 saturated carbocycles. The Balaban J connectivity index is 1.09. The summed E-state index contributed by atoms with van der Waals surface area (Å²) in [5.74, 6) is 2.80. The predicted octanol–water partition coefficient (Wildman–Crippen LogP) is 7.25. The first-order valence-corrected chi connectivity index (χ1v) is 20.0. The van der Waals surface area contributed by atoms with E-state index in [-0.39, 0.29) is 57.9 Å². The number of hydrogen-bond acceptors (Lipinski definition) is 7. The average molecular weight is 674 g/mol. The molecule has 1 aliphatic heterocycles. The molecule has 5 aliphatic rings. The molecule has 0 radical (unpaired) electrons. The van der Waals surface area contributed by atoms with Gasteiger partial charge in [0.1, 0.15) is 11.4 Å². The van der Waals surface area contributed by atoms with Gasteiger partial charge in [-0.05, 0) is 147 Å². The fraction of sp³-hybridized carbons (Fsp3) is 0.816. The highest BCUT2D eigenvalue weighted by atomic mass is 32.2. The fourth-order valence-electron chi connectivity index (χ4n) is 11.9. The van der Waals surface area contributed by atoms with Gasteiger partial charge in [0.25, 0.3) is 10.0 Å². The molecule has 1 unspecified atom stereocenters. The van der Waals surface area contributed by atoms with Crippen LogP contribution < -0.4 is 9.46 Å². The van der Waals surface area contributed by atoms with Crippen LogP contribution >= 0.6 is 0 Å². The third kappa shape index (κ3) is 6.13. The summed E-state index contributed by atoms with van der Waals surface area (Å²) in [7, 11) is -4.10. The van der Waals surface area contributed by atoms with E-state index in [2.05, 4.69) is 46.3 Å². The Morgan fingerprint density at radius 1 is 1.02 bits per heavy atom. The molecule has 4 aliphatic carbocycles. The number of carbonyl (C=O) groups is 1. The zero-order valence-corrected chi connectivity index (χ0v) is 30.3. The van der Waals surface area contributed by atoms with Gasteiger partial charge >= 0.3 is 6.09 Å². The molecule has 0 spiro atoms. The second-order valence-corrected chi connectivity index (χ2v) is 18.6. The number of carbonyl (C=O) groups excluding carboxylic acids is 1. The number of ether oxygens (including phenoxy) is 2. The Kier molecular flexibility index (Phi) is 9.53. The van der Waals surface area contributed by atoms with E-state index < -0.39 is 16.1 Å². The van der Waals surface area contributed by atoms with E-state index in [0.717, 1.165) is 82.6 Å². The van der Waals surface area contributed by atoms with E-state index in [1.54, 1.807) is 12.1 Å². The van der Waals surface area contributed by atoms with Crippen molar-refractivity contribution in [1.82, 2.24) is 4.72 Å². The molecule has 0 aromatic heterocycles. The van der Waals surface area contributed by atoms with E-state index in [9.17, 15) is 23.4 Å². The van der Waals surface area contributed by atoms with Crippen LogP contribution in [0.2, 0.25) is 0 Å². The standard InChI is InChI=1S/C38H59NO7S/c1-7-16-36(4)17-13-24-20-26(9-12-32(24)46-36)47(43,44)39-35(42)45-22-23(3)28-10-11-29-33-30(15-19-37(28,29)5)38(6)18-14-25(40)21-31(38)27(8-2)34(33)41/h9,12,20,23,25,27-31,33-34,40-41H,7-8,10-11,13-19,21-22H2,1-6H3,(H,39,42)/t23-,25-,27-,28-,29+,30+,31+,33+,34-,36?,37-,38-/m1/s1. The molecule has 47 heavy (non-hydrogen) atoms. The fourth-order valence-corrected chi connectivity index (χ4v) is 12.8. The van der Waals surface area contributed by atoms with Crippen LogP contribution in [0.1, 0.15) is 118 Å². The average Bonchev–Trinajstić information content (AvgIpc) is 3.37. The van der Waals surface area contributed by atoms with Gasteiger partial charge in [0.2, 0.25) is 0 Å². The van der Waals surface area contributed by atoms with Crippen LogP contribution in [0.5, 0.6) is 5.75 Å². The van der Waals surface area contributed by atoms with Gasteiger partial charge in [-0.2, -0.15) is 0 Å². The van der Waals surface area contributed by atoms with E-state index in [4.69, 9.17) is 9.47 Å². The van der Waals surface area contributed by atoms with Crippen molar-refractivity contribution < 1.29 is 32.9 Å². The maximum atomic E-state index is 13.2. The monoisotopic (exact) mass is 673 g/mol. The first kappa shape index (κ1) is 35.0. The first-order valence-electron chi connectivity index (χ1n) is 18.5. The van der Waals surface area contributed by atoms with Gasteiger partial charge < -0.3 is 19.7 Å². The van der Waals surface area contributed by atoms with Crippen LogP contribution in [0.15, 0.2) is 23.1 Å². The molecule has 4 fully saturated rings. The van der Waals surface area contributed by atoms with Gasteiger partial charge in [0, 0.05) is 0 Å². The van der Waals surface area contributed by atoms with Crippen LogP contribution in [-0.2, 0) is 21.2 Å². The maximum absolute atomic E-state index is 13.2. The molecule has 6 rings (SSSR count). The lowest BCUT2D eigenvalue weighted by molar-refractivity contribution is -0.203. The molecular weight excluding hydrogens is 614 g/mol. The van der Waals surface area contributed by atoms with E-state index >= 15 is 0 Å². The molecule has 3 N–H and O–H groups in total. The minimum Gasteiger partial charge on any atom is -0.487 e. The number of amides is 1. The molecule has 264 valence electrons. The van der Waals surface area contributed by atoms with Crippen LogP contribution in [0.3, 0.4) is 0 Å². The summed E-state index contributed by atoms with van der Waals surface area (Å²) in [5, 5.41) is 22.5. The smallest absolute Gasteiger partial charge is 0.421 e. The van der Waals surface area contributed by atoms with Crippen LogP contribution in [0.25, 0.3) is 0 Å². The molecule has 0 saturated heterocycles. The number of rotatable bonds is 8. The van der Waals surface area contributed by atoms with Crippen molar-refractivity contribution in [2.75, 3.05) is 6.61 Å². The van der Waals surface area contributed by atoms with Crippen LogP contribution in [-0.4, -0.2) is 49.1 Å². The van der Waals surface area contributed by atoms with Crippen molar-refractivity contribution in [1.29, 1.82) is 0 Å². The molecule has 8 nitrogen and oxygen atoms in total. The van der Waals surface area contributed by atoms with Crippen LogP contribution in [0, 0.1) is 52.3 Å². The van der Waals surface area contributed by atoms with Gasteiger partial charge in [-0.25, -0.2) is 17.9 Å². The number of sulfonamides is 1. The second-order valence-electron chi connectivity index (χ2n) is 16.9.